The molecular weight excluding hydrogens is 573 g/mol. The molecule has 0 unspecified atom stereocenters. The van der Waals surface area contributed by atoms with Gasteiger partial charge in [-0.3, -0.25) is 0 Å². The van der Waals surface area contributed by atoms with Crippen molar-refractivity contribution in [2.75, 3.05) is 0 Å². The van der Waals surface area contributed by atoms with Crippen LogP contribution >= 0.6 is 0 Å². The smallest absolute Gasteiger partial charge is 0.166 e. The van der Waals surface area contributed by atoms with Crippen molar-refractivity contribution in [1.29, 1.82) is 0 Å². The number of nitrogens with zero attached hydrogens (tertiary/aromatic N) is 4. The first-order valence-electron chi connectivity index (χ1n) is 15.8. The molecular formula is C43H28N4. The van der Waals surface area contributed by atoms with Gasteiger partial charge in [-0.2, -0.15) is 0 Å². The van der Waals surface area contributed by atoms with Crippen LogP contribution in [0.25, 0.3) is 83.6 Å². The fourth-order valence-electron chi connectivity index (χ4n) is 6.58. The maximum atomic E-state index is 5.17. The van der Waals surface area contributed by atoms with Crippen LogP contribution in [-0.2, 0) is 0 Å². The number of benzene rings is 7. The Morgan fingerprint density at radius 1 is 0.340 bits per heavy atom. The van der Waals surface area contributed by atoms with Crippen LogP contribution in [0.5, 0.6) is 0 Å². The predicted molar refractivity (Wildman–Crippen MR) is 193 cm³/mol. The largest absolute Gasteiger partial charge is 0.309 e. The first-order valence-corrected chi connectivity index (χ1v) is 15.8. The van der Waals surface area contributed by atoms with E-state index in [1.807, 2.05) is 36.4 Å². The Morgan fingerprint density at radius 3 is 1.51 bits per heavy atom. The highest BCUT2D eigenvalue weighted by molar-refractivity contribution is 6.09. The topological polar surface area (TPSA) is 43.6 Å². The molecule has 0 saturated heterocycles. The maximum absolute atomic E-state index is 5.17. The van der Waals surface area contributed by atoms with Crippen LogP contribution in [0.3, 0.4) is 0 Å². The first-order chi connectivity index (χ1) is 23.3. The molecule has 2 aromatic heterocycles. The second-order valence-corrected chi connectivity index (χ2v) is 11.7. The van der Waals surface area contributed by atoms with Crippen LogP contribution in [0.4, 0.5) is 0 Å². The minimum atomic E-state index is 0.630. The molecule has 0 bridgehead atoms. The minimum absolute atomic E-state index is 0.630. The zero-order valence-corrected chi connectivity index (χ0v) is 25.5. The summed E-state index contributed by atoms with van der Waals surface area (Å²) in [7, 11) is 0. The summed E-state index contributed by atoms with van der Waals surface area (Å²) in [6, 6.07) is 59.2. The van der Waals surface area contributed by atoms with E-state index < -0.39 is 0 Å². The summed E-state index contributed by atoms with van der Waals surface area (Å²) in [4.78, 5) is 15.3. The Morgan fingerprint density at radius 2 is 0.830 bits per heavy atom. The van der Waals surface area contributed by atoms with Crippen LogP contribution in [0, 0.1) is 0 Å². The number of fused-ring (bicyclic) bond motifs is 4. The van der Waals surface area contributed by atoms with Gasteiger partial charge in [-0.1, -0.05) is 133 Å². The van der Waals surface area contributed by atoms with E-state index in [0.29, 0.717) is 17.5 Å². The Balaban J connectivity index is 1.24. The number of aromatic nitrogens is 4. The summed E-state index contributed by atoms with van der Waals surface area (Å²) >= 11 is 0. The molecule has 0 saturated carbocycles. The lowest BCUT2D eigenvalue weighted by atomic mass is 10.00. The Kier molecular flexibility index (Phi) is 6.43. The number of rotatable bonds is 5. The first kappa shape index (κ1) is 27.0. The molecule has 0 N–H and O–H groups in total. The number of hydrogen-bond donors (Lipinski definition) is 0. The summed E-state index contributed by atoms with van der Waals surface area (Å²) < 4.78 is 2.33. The Labute approximate surface area is 272 Å². The van der Waals surface area contributed by atoms with Crippen molar-refractivity contribution < 1.29 is 0 Å². The van der Waals surface area contributed by atoms with E-state index in [-0.39, 0.29) is 0 Å². The van der Waals surface area contributed by atoms with Crippen molar-refractivity contribution in [3.63, 3.8) is 0 Å². The lowest BCUT2D eigenvalue weighted by Crippen LogP contribution is -2.03. The van der Waals surface area contributed by atoms with Gasteiger partial charge in [0.25, 0.3) is 0 Å². The zero-order chi connectivity index (χ0) is 31.2. The van der Waals surface area contributed by atoms with E-state index in [1.54, 1.807) is 0 Å². The molecule has 9 aromatic rings. The molecule has 7 aromatic carbocycles. The number of para-hydroxylation sites is 3. The second-order valence-electron chi connectivity index (χ2n) is 11.7. The SMILES string of the molecule is c1ccc(-c2ccc3cc(-c4nc(-c5ccccc5)nc(-c5ccccc5-n5c6ccccc6c6ccccc65)n4)ccc3c2)cc1. The lowest BCUT2D eigenvalue weighted by molar-refractivity contribution is 1.06. The zero-order valence-electron chi connectivity index (χ0n) is 25.5. The highest BCUT2D eigenvalue weighted by Crippen LogP contribution is 2.36. The van der Waals surface area contributed by atoms with Crippen LogP contribution < -0.4 is 0 Å². The van der Waals surface area contributed by atoms with E-state index in [1.165, 1.54) is 27.3 Å². The van der Waals surface area contributed by atoms with Gasteiger partial charge in [-0.15, -0.1) is 0 Å². The van der Waals surface area contributed by atoms with Crippen molar-refractivity contribution in [3.05, 3.63) is 170 Å². The molecule has 4 nitrogen and oxygen atoms in total. The quantitative estimate of drug-likeness (QED) is 0.197. The van der Waals surface area contributed by atoms with E-state index in [9.17, 15) is 0 Å². The molecule has 0 spiro atoms. The second kappa shape index (κ2) is 11.2. The van der Waals surface area contributed by atoms with Crippen LogP contribution in [0.1, 0.15) is 0 Å². The summed E-state index contributed by atoms with van der Waals surface area (Å²) in [5.74, 6) is 1.91. The van der Waals surface area contributed by atoms with E-state index in [0.717, 1.165) is 38.8 Å². The Bertz CT molecular complexity index is 2520. The van der Waals surface area contributed by atoms with Gasteiger partial charge in [0.2, 0.25) is 0 Å². The molecule has 2 heterocycles. The van der Waals surface area contributed by atoms with Gasteiger partial charge >= 0.3 is 0 Å². The summed E-state index contributed by atoms with van der Waals surface area (Å²) in [5.41, 5.74) is 8.53. The van der Waals surface area contributed by atoms with Crippen LogP contribution in [0.15, 0.2) is 170 Å². The molecule has 47 heavy (non-hydrogen) atoms. The average molecular weight is 601 g/mol. The van der Waals surface area contributed by atoms with Gasteiger partial charge in [-0.05, 0) is 58.3 Å². The third kappa shape index (κ3) is 4.75. The summed E-state index contributed by atoms with van der Waals surface area (Å²) in [6.07, 6.45) is 0. The fourth-order valence-corrected chi connectivity index (χ4v) is 6.58. The number of hydrogen-bond acceptors (Lipinski definition) is 3. The van der Waals surface area contributed by atoms with Gasteiger partial charge in [0, 0.05) is 27.5 Å². The molecule has 0 aliphatic heterocycles. The van der Waals surface area contributed by atoms with Crippen molar-refractivity contribution in [3.8, 4) is 51.0 Å². The average Bonchev–Trinajstić information content (AvgIpc) is 3.49. The maximum Gasteiger partial charge on any atom is 0.166 e. The molecule has 0 aliphatic rings. The third-order valence-corrected chi connectivity index (χ3v) is 8.84. The van der Waals surface area contributed by atoms with Crippen molar-refractivity contribution in [2.24, 2.45) is 0 Å². The monoisotopic (exact) mass is 600 g/mol. The molecule has 0 aliphatic carbocycles. The molecule has 4 heteroatoms. The van der Waals surface area contributed by atoms with Crippen LogP contribution in [0.2, 0.25) is 0 Å². The van der Waals surface area contributed by atoms with Crippen molar-refractivity contribution in [1.82, 2.24) is 19.5 Å². The van der Waals surface area contributed by atoms with Gasteiger partial charge in [0.05, 0.1) is 16.7 Å². The van der Waals surface area contributed by atoms with E-state index in [4.69, 9.17) is 15.0 Å². The van der Waals surface area contributed by atoms with Crippen molar-refractivity contribution in [2.45, 2.75) is 0 Å². The summed E-state index contributed by atoms with van der Waals surface area (Å²) in [6.45, 7) is 0. The Hall–Kier alpha value is -6.39. The lowest BCUT2D eigenvalue weighted by Gasteiger charge is -2.14. The van der Waals surface area contributed by atoms with Gasteiger partial charge < -0.3 is 4.57 Å². The van der Waals surface area contributed by atoms with Crippen molar-refractivity contribution >= 4 is 32.6 Å². The minimum Gasteiger partial charge on any atom is -0.309 e. The van der Waals surface area contributed by atoms with Gasteiger partial charge in [-0.25, -0.2) is 15.0 Å². The normalized spacial score (nSPS) is 11.4. The fraction of sp³-hybridized carbons (Fsp3) is 0. The highest BCUT2D eigenvalue weighted by atomic mass is 15.1. The molecule has 0 radical (unpaired) electrons. The van der Waals surface area contributed by atoms with Gasteiger partial charge in [0.15, 0.2) is 17.5 Å². The summed E-state index contributed by atoms with van der Waals surface area (Å²) in [5, 5.41) is 4.73. The molecule has 0 fully saturated rings. The third-order valence-electron chi connectivity index (χ3n) is 8.84. The highest BCUT2D eigenvalue weighted by Gasteiger charge is 2.19. The molecule has 9 rings (SSSR count). The standard InChI is InChI=1S/C43H28N4/c1-3-13-29(14-4-1)31-23-24-33-28-34(26-25-32(33)27-31)42-44-41(30-15-5-2-6-16-30)45-43(46-42)37-19-9-12-22-40(37)47-38-20-10-7-17-35(38)36-18-8-11-21-39(36)47/h1-28H. The molecule has 220 valence electrons. The van der Waals surface area contributed by atoms with Gasteiger partial charge in [0.1, 0.15) is 0 Å². The van der Waals surface area contributed by atoms with E-state index >= 15 is 0 Å². The van der Waals surface area contributed by atoms with E-state index in [2.05, 4.69) is 138 Å². The van der Waals surface area contributed by atoms with Crippen LogP contribution in [-0.4, -0.2) is 19.5 Å². The molecule has 0 amide bonds. The molecule has 0 atom stereocenters. The predicted octanol–water partition coefficient (Wildman–Crippen LogP) is 10.8.